The number of aliphatic hydroxyl groups excluding tert-OH is 1. The van der Waals surface area contributed by atoms with Gasteiger partial charge in [-0.1, -0.05) is 6.92 Å². The fourth-order valence-electron chi connectivity index (χ4n) is 3.32. The van der Waals surface area contributed by atoms with Crippen LogP contribution in [0, 0.1) is 11.8 Å². The van der Waals surface area contributed by atoms with Crippen molar-refractivity contribution in [2.24, 2.45) is 11.8 Å². The molecule has 1 fully saturated rings. The van der Waals surface area contributed by atoms with E-state index in [4.69, 9.17) is 9.47 Å². The molecule has 148 valence electrons. The fraction of sp³-hybridized carbons (Fsp3) is 0.632. The zero-order valence-corrected chi connectivity index (χ0v) is 16.6. The van der Waals surface area contributed by atoms with Crippen molar-refractivity contribution in [1.82, 2.24) is 10.6 Å². The van der Waals surface area contributed by atoms with E-state index in [1.165, 1.54) is 12.8 Å². The number of benzene rings is 1. The Morgan fingerprint density at radius 2 is 2.15 bits per heavy atom. The largest absolute Gasteiger partial charge is 0.497 e. The number of rotatable bonds is 8. The van der Waals surface area contributed by atoms with Crippen LogP contribution in [0.2, 0.25) is 0 Å². The number of carbonyl (C=O) groups is 1. The molecule has 3 N–H and O–H groups in total. The summed E-state index contributed by atoms with van der Waals surface area (Å²) in [6.07, 6.45) is 1.98. The normalized spacial score (nSPS) is 19.0. The van der Waals surface area contributed by atoms with Crippen molar-refractivity contribution in [3.05, 3.63) is 23.8 Å². The lowest BCUT2D eigenvalue weighted by molar-refractivity contribution is -0.122. The third-order valence-corrected chi connectivity index (χ3v) is 4.94. The van der Waals surface area contributed by atoms with E-state index in [0.29, 0.717) is 35.3 Å². The number of aliphatic hydroxyl groups is 1. The highest BCUT2D eigenvalue weighted by atomic mass is 35.5. The summed E-state index contributed by atoms with van der Waals surface area (Å²) in [7, 11) is 3.12. The number of halogens is 1. The van der Waals surface area contributed by atoms with Gasteiger partial charge in [-0.2, -0.15) is 0 Å². The van der Waals surface area contributed by atoms with Gasteiger partial charge >= 0.3 is 0 Å². The summed E-state index contributed by atoms with van der Waals surface area (Å²) >= 11 is 0. The second kappa shape index (κ2) is 11.3. The first-order chi connectivity index (χ1) is 12.0. The monoisotopic (exact) mass is 386 g/mol. The zero-order chi connectivity index (χ0) is 18.2. The molecule has 1 aromatic rings. The maximum atomic E-state index is 12.2. The predicted octanol–water partition coefficient (Wildman–Crippen LogP) is 2.30. The van der Waals surface area contributed by atoms with Gasteiger partial charge in [0.05, 0.1) is 20.3 Å². The molecule has 0 aliphatic carbocycles. The molecular formula is C19H31ClN2O4. The van der Waals surface area contributed by atoms with E-state index in [9.17, 15) is 9.90 Å². The molecule has 3 atom stereocenters. The maximum absolute atomic E-state index is 12.2. The van der Waals surface area contributed by atoms with Gasteiger partial charge in [0.2, 0.25) is 5.91 Å². The van der Waals surface area contributed by atoms with Crippen molar-refractivity contribution in [1.29, 1.82) is 0 Å². The Balaban J connectivity index is 0.00000338. The molecule has 1 saturated heterocycles. The molecule has 0 radical (unpaired) electrons. The first kappa shape index (κ1) is 22.5. The molecule has 1 aliphatic heterocycles. The summed E-state index contributed by atoms with van der Waals surface area (Å²) in [6.45, 7) is 4.33. The van der Waals surface area contributed by atoms with Crippen molar-refractivity contribution in [2.45, 2.75) is 32.3 Å². The Morgan fingerprint density at radius 3 is 2.77 bits per heavy atom. The number of ether oxygens (including phenoxy) is 2. The van der Waals surface area contributed by atoms with Crippen molar-refractivity contribution in [3.8, 4) is 11.5 Å². The van der Waals surface area contributed by atoms with Crippen LogP contribution in [0.1, 0.15) is 37.9 Å². The molecule has 1 amide bonds. The van der Waals surface area contributed by atoms with Crippen molar-refractivity contribution >= 4 is 18.3 Å². The van der Waals surface area contributed by atoms with E-state index in [1.54, 1.807) is 32.4 Å². The van der Waals surface area contributed by atoms with E-state index in [-0.39, 0.29) is 24.9 Å². The number of carbonyl (C=O) groups excluding carboxylic acids is 1. The molecule has 1 aromatic carbocycles. The number of methoxy groups -OCH3 is 2. The summed E-state index contributed by atoms with van der Waals surface area (Å²) in [4.78, 5) is 12.2. The molecule has 0 bridgehead atoms. The Morgan fingerprint density at radius 1 is 1.38 bits per heavy atom. The van der Waals surface area contributed by atoms with Crippen LogP contribution in [0.5, 0.6) is 11.5 Å². The van der Waals surface area contributed by atoms with E-state index in [1.807, 2.05) is 0 Å². The second-order valence-corrected chi connectivity index (χ2v) is 6.72. The Bertz CT molecular complexity index is 564. The lowest BCUT2D eigenvalue weighted by Crippen LogP contribution is -2.36. The van der Waals surface area contributed by atoms with Crippen molar-refractivity contribution in [3.63, 3.8) is 0 Å². The van der Waals surface area contributed by atoms with Crippen molar-refractivity contribution < 1.29 is 19.4 Å². The van der Waals surface area contributed by atoms with Crippen LogP contribution in [0.15, 0.2) is 18.2 Å². The molecule has 0 saturated carbocycles. The minimum atomic E-state index is -0.847. The van der Waals surface area contributed by atoms with Gasteiger partial charge in [0.15, 0.2) is 0 Å². The van der Waals surface area contributed by atoms with Crippen LogP contribution in [0.25, 0.3) is 0 Å². The Kier molecular flexibility index (Phi) is 9.76. The summed E-state index contributed by atoms with van der Waals surface area (Å²) < 4.78 is 10.5. The van der Waals surface area contributed by atoms with Crippen LogP contribution in [-0.2, 0) is 4.79 Å². The number of piperidine rings is 1. The lowest BCUT2D eigenvalue weighted by atomic mass is 9.85. The number of hydrogen-bond acceptors (Lipinski definition) is 5. The van der Waals surface area contributed by atoms with Crippen LogP contribution < -0.4 is 20.1 Å². The average molecular weight is 387 g/mol. The Hall–Kier alpha value is -1.50. The molecular weight excluding hydrogens is 356 g/mol. The molecule has 1 aliphatic rings. The molecule has 26 heavy (non-hydrogen) atoms. The maximum Gasteiger partial charge on any atom is 0.220 e. The fourth-order valence-corrected chi connectivity index (χ4v) is 3.32. The highest BCUT2D eigenvalue weighted by Gasteiger charge is 2.22. The molecule has 2 rings (SSSR count). The standard InChI is InChI=1S/C19H30N2O4.ClH/c1-13(14-5-4-8-20-11-14)9-19(23)21-12-17(22)16-10-15(24-2)6-7-18(16)25-3;/h6-7,10,13-14,17,20,22H,4-5,8-9,11-12H2,1-3H3,(H,21,23);1H. The molecule has 6 nitrogen and oxygen atoms in total. The lowest BCUT2D eigenvalue weighted by Gasteiger charge is -2.28. The molecule has 7 heteroatoms. The van der Waals surface area contributed by atoms with Crippen LogP contribution in [0.4, 0.5) is 0 Å². The van der Waals surface area contributed by atoms with Crippen LogP contribution >= 0.6 is 12.4 Å². The molecule has 3 unspecified atom stereocenters. The second-order valence-electron chi connectivity index (χ2n) is 6.72. The number of amides is 1. The predicted molar refractivity (Wildman–Crippen MR) is 104 cm³/mol. The highest BCUT2D eigenvalue weighted by molar-refractivity contribution is 5.85. The quantitative estimate of drug-likeness (QED) is 0.638. The van der Waals surface area contributed by atoms with E-state index in [0.717, 1.165) is 13.1 Å². The zero-order valence-electron chi connectivity index (χ0n) is 15.8. The first-order valence-electron chi connectivity index (χ1n) is 8.92. The van der Waals surface area contributed by atoms with Gasteiger partial charge in [-0.05, 0) is 56.0 Å². The topological polar surface area (TPSA) is 79.8 Å². The summed E-state index contributed by atoms with van der Waals surface area (Å²) in [5, 5.41) is 16.6. The van der Waals surface area contributed by atoms with E-state index >= 15 is 0 Å². The molecule has 0 spiro atoms. The summed E-state index contributed by atoms with van der Waals surface area (Å²) in [5.41, 5.74) is 0.603. The van der Waals surface area contributed by atoms with Gasteiger partial charge in [0.1, 0.15) is 11.5 Å². The van der Waals surface area contributed by atoms with Crippen LogP contribution in [0.3, 0.4) is 0 Å². The van der Waals surface area contributed by atoms with E-state index in [2.05, 4.69) is 17.6 Å². The van der Waals surface area contributed by atoms with Gasteiger partial charge in [0.25, 0.3) is 0 Å². The molecule has 1 heterocycles. The van der Waals surface area contributed by atoms with Crippen LogP contribution in [-0.4, -0.2) is 44.9 Å². The SMILES string of the molecule is COc1ccc(OC)c(C(O)CNC(=O)CC(C)C2CCCNC2)c1.Cl. The van der Waals surface area contributed by atoms with Gasteiger partial charge in [-0.25, -0.2) is 0 Å². The third kappa shape index (κ3) is 6.34. The number of hydrogen-bond donors (Lipinski definition) is 3. The van der Waals surface area contributed by atoms with Gasteiger partial charge in [-0.15, -0.1) is 12.4 Å². The first-order valence-corrected chi connectivity index (χ1v) is 8.92. The van der Waals surface area contributed by atoms with Crippen molar-refractivity contribution in [2.75, 3.05) is 33.9 Å². The average Bonchev–Trinajstić information content (AvgIpc) is 2.66. The molecule has 0 aromatic heterocycles. The van der Waals surface area contributed by atoms with Gasteiger partial charge < -0.3 is 25.2 Å². The summed E-state index contributed by atoms with van der Waals surface area (Å²) in [5.74, 6) is 2.06. The highest BCUT2D eigenvalue weighted by Crippen LogP contribution is 2.29. The summed E-state index contributed by atoms with van der Waals surface area (Å²) in [6, 6.07) is 5.25. The van der Waals surface area contributed by atoms with Gasteiger partial charge in [0, 0.05) is 18.5 Å². The smallest absolute Gasteiger partial charge is 0.220 e. The minimum Gasteiger partial charge on any atom is -0.497 e. The number of nitrogens with one attached hydrogen (secondary N) is 2. The van der Waals surface area contributed by atoms with E-state index < -0.39 is 6.10 Å². The third-order valence-electron chi connectivity index (χ3n) is 4.94. The van der Waals surface area contributed by atoms with Gasteiger partial charge in [-0.3, -0.25) is 4.79 Å². The minimum absolute atomic E-state index is 0. The Labute approximate surface area is 162 Å².